The van der Waals surface area contributed by atoms with Crippen LogP contribution in [0.1, 0.15) is 0 Å². The van der Waals surface area contributed by atoms with Crippen molar-refractivity contribution in [3.8, 4) is 22.7 Å². The van der Waals surface area contributed by atoms with Gasteiger partial charge >= 0.3 is 0 Å². The molecule has 0 fully saturated rings. The van der Waals surface area contributed by atoms with Crippen LogP contribution in [0.2, 0.25) is 0 Å². The molecule has 2 N–H and O–H groups in total. The molecular formula is C21H18N4O3S. The summed E-state index contributed by atoms with van der Waals surface area (Å²) in [6.07, 6.45) is 0. The van der Waals surface area contributed by atoms with Crippen molar-refractivity contribution in [2.24, 2.45) is 0 Å². The zero-order valence-corrected chi connectivity index (χ0v) is 16.4. The first-order chi connectivity index (χ1) is 14.0. The number of sulfone groups is 1. The summed E-state index contributed by atoms with van der Waals surface area (Å²) in [5, 5.41) is 8.06. The molecule has 1 aromatic heterocycles. The molecule has 0 aliphatic carbocycles. The van der Waals surface area contributed by atoms with Crippen LogP contribution >= 0.6 is 0 Å². The maximum absolute atomic E-state index is 13.3. The van der Waals surface area contributed by atoms with Gasteiger partial charge < -0.3 is 10.5 Å². The number of nitrogens with two attached hydrogens (primary N) is 1. The highest BCUT2D eigenvalue weighted by Crippen LogP contribution is 2.32. The van der Waals surface area contributed by atoms with Gasteiger partial charge in [0.1, 0.15) is 11.4 Å². The fraction of sp³-hybridized carbons (Fsp3) is 0.0476. The van der Waals surface area contributed by atoms with Crippen LogP contribution in [0, 0.1) is 0 Å². The Labute approximate surface area is 168 Å². The molecular weight excluding hydrogens is 388 g/mol. The normalized spacial score (nSPS) is 11.3. The Morgan fingerprint density at radius 2 is 1.55 bits per heavy atom. The summed E-state index contributed by atoms with van der Waals surface area (Å²) in [5.74, 6) is 0.567. The number of ether oxygens (including phenoxy) is 1. The molecule has 4 aromatic rings. The number of nitrogen functional groups attached to an aromatic ring is 1. The third-order valence-corrected chi connectivity index (χ3v) is 6.13. The summed E-state index contributed by atoms with van der Waals surface area (Å²) in [7, 11) is -2.39. The van der Waals surface area contributed by atoms with E-state index in [1.165, 1.54) is 23.9 Å². The predicted octanol–water partition coefficient (Wildman–Crippen LogP) is 3.36. The van der Waals surface area contributed by atoms with Crippen LogP contribution in [0.3, 0.4) is 0 Å². The minimum atomic E-state index is -3.91. The summed E-state index contributed by atoms with van der Waals surface area (Å²) in [5.41, 5.74) is 8.09. The lowest BCUT2D eigenvalue weighted by Gasteiger charge is -2.09. The zero-order chi connectivity index (χ0) is 20.4. The molecule has 3 aromatic carbocycles. The second-order valence-electron chi connectivity index (χ2n) is 6.29. The minimum Gasteiger partial charge on any atom is -0.497 e. The quantitative estimate of drug-likeness (QED) is 0.510. The standard InChI is InChI=1S/C21H18N4O3S/c1-28-18-11-13-19(14-12-18)29(26,27)21-20(15-5-3-2-4-6-15)25(24-23-21)17-9-7-16(22)8-10-17/h2-14H,22H2,1H3. The number of rotatable bonds is 5. The third kappa shape index (κ3) is 3.45. The van der Waals surface area contributed by atoms with E-state index < -0.39 is 9.84 Å². The fourth-order valence-electron chi connectivity index (χ4n) is 2.95. The second-order valence-corrected chi connectivity index (χ2v) is 8.16. The van der Waals surface area contributed by atoms with Gasteiger partial charge in [0.25, 0.3) is 0 Å². The van der Waals surface area contributed by atoms with Gasteiger partial charge in [0, 0.05) is 11.3 Å². The van der Waals surface area contributed by atoms with Crippen LogP contribution in [0.15, 0.2) is 88.8 Å². The molecule has 1 heterocycles. The molecule has 0 aliphatic heterocycles. The van der Waals surface area contributed by atoms with Gasteiger partial charge in [0.2, 0.25) is 14.9 Å². The minimum absolute atomic E-state index is 0.111. The Morgan fingerprint density at radius 3 is 2.17 bits per heavy atom. The first kappa shape index (κ1) is 18.7. The Balaban J connectivity index is 1.92. The predicted molar refractivity (Wildman–Crippen MR) is 110 cm³/mol. The number of methoxy groups -OCH3 is 1. The van der Waals surface area contributed by atoms with E-state index in [-0.39, 0.29) is 9.92 Å². The Hall–Kier alpha value is -3.65. The van der Waals surface area contributed by atoms with Gasteiger partial charge in [-0.05, 0) is 48.5 Å². The maximum atomic E-state index is 13.3. The number of hydrogen-bond donors (Lipinski definition) is 1. The Bertz CT molecular complexity index is 1230. The Morgan fingerprint density at radius 1 is 0.897 bits per heavy atom. The van der Waals surface area contributed by atoms with E-state index in [9.17, 15) is 8.42 Å². The third-order valence-electron chi connectivity index (χ3n) is 4.45. The monoisotopic (exact) mass is 406 g/mol. The van der Waals surface area contributed by atoms with Crippen molar-refractivity contribution in [2.75, 3.05) is 12.8 Å². The summed E-state index contributed by atoms with van der Waals surface area (Å²) in [6, 6.07) is 22.3. The van der Waals surface area contributed by atoms with E-state index in [2.05, 4.69) is 10.3 Å². The summed E-state index contributed by atoms with van der Waals surface area (Å²) in [4.78, 5) is 0.111. The zero-order valence-electron chi connectivity index (χ0n) is 15.6. The first-order valence-corrected chi connectivity index (χ1v) is 10.3. The van der Waals surface area contributed by atoms with Crippen LogP contribution in [0.4, 0.5) is 5.69 Å². The molecule has 4 rings (SSSR count). The van der Waals surface area contributed by atoms with Gasteiger partial charge in [-0.2, -0.15) is 0 Å². The summed E-state index contributed by atoms with van der Waals surface area (Å²) in [6.45, 7) is 0. The van der Waals surface area contributed by atoms with Crippen molar-refractivity contribution in [1.82, 2.24) is 15.0 Å². The van der Waals surface area contributed by atoms with Gasteiger partial charge in [0.05, 0.1) is 17.7 Å². The van der Waals surface area contributed by atoms with Crippen molar-refractivity contribution in [1.29, 1.82) is 0 Å². The molecule has 0 bridgehead atoms. The lowest BCUT2D eigenvalue weighted by atomic mass is 10.1. The molecule has 0 atom stereocenters. The largest absolute Gasteiger partial charge is 0.497 e. The molecule has 0 amide bonds. The van der Waals surface area contributed by atoms with Crippen LogP contribution in [0.25, 0.3) is 16.9 Å². The van der Waals surface area contributed by atoms with Gasteiger partial charge in [-0.3, -0.25) is 0 Å². The number of aromatic nitrogens is 3. The van der Waals surface area contributed by atoms with Gasteiger partial charge in [-0.1, -0.05) is 35.5 Å². The maximum Gasteiger partial charge on any atom is 0.227 e. The number of hydrogen-bond acceptors (Lipinski definition) is 6. The molecule has 29 heavy (non-hydrogen) atoms. The lowest BCUT2D eigenvalue weighted by molar-refractivity contribution is 0.414. The number of benzene rings is 3. The van der Waals surface area contributed by atoms with E-state index in [1.807, 2.05) is 30.3 Å². The fourth-order valence-corrected chi connectivity index (χ4v) is 4.27. The Kier molecular flexibility index (Phi) is 4.77. The lowest BCUT2D eigenvalue weighted by Crippen LogP contribution is -2.06. The second kappa shape index (κ2) is 7.40. The van der Waals surface area contributed by atoms with E-state index in [1.54, 1.807) is 36.4 Å². The molecule has 7 nitrogen and oxygen atoms in total. The van der Waals surface area contributed by atoms with Crippen molar-refractivity contribution >= 4 is 15.5 Å². The van der Waals surface area contributed by atoms with Crippen LogP contribution < -0.4 is 10.5 Å². The van der Waals surface area contributed by atoms with Crippen molar-refractivity contribution in [3.63, 3.8) is 0 Å². The van der Waals surface area contributed by atoms with Crippen LogP contribution in [0.5, 0.6) is 5.75 Å². The summed E-state index contributed by atoms with van der Waals surface area (Å²) >= 11 is 0. The highest BCUT2D eigenvalue weighted by atomic mass is 32.2. The number of nitrogens with zero attached hydrogens (tertiary/aromatic N) is 3. The van der Waals surface area contributed by atoms with Crippen molar-refractivity contribution < 1.29 is 13.2 Å². The van der Waals surface area contributed by atoms with Gasteiger partial charge in [-0.15, -0.1) is 5.10 Å². The van der Waals surface area contributed by atoms with Crippen molar-refractivity contribution in [3.05, 3.63) is 78.9 Å². The number of anilines is 1. The SMILES string of the molecule is COc1ccc(S(=O)(=O)c2nnn(-c3ccc(N)cc3)c2-c2ccccc2)cc1. The summed E-state index contributed by atoms with van der Waals surface area (Å²) < 4.78 is 33.3. The molecule has 0 unspecified atom stereocenters. The first-order valence-electron chi connectivity index (χ1n) is 8.77. The molecule has 0 aliphatic rings. The van der Waals surface area contributed by atoms with E-state index in [4.69, 9.17) is 10.5 Å². The van der Waals surface area contributed by atoms with Gasteiger partial charge in [0.15, 0.2) is 0 Å². The van der Waals surface area contributed by atoms with Crippen LogP contribution in [-0.2, 0) is 9.84 Å². The molecule has 0 radical (unpaired) electrons. The molecule has 0 spiro atoms. The molecule has 146 valence electrons. The highest BCUT2D eigenvalue weighted by molar-refractivity contribution is 7.91. The molecule has 0 saturated carbocycles. The smallest absolute Gasteiger partial charge is 0.227 e. The average Bonchev–Trinajstić information content (AvgIpc) is 3.21. The average molecular weight is 406 g/mol. The van der Waals surface area contributed by atoms with Crippen LogP contribution in [-0.4, -0.2) is 30.5 Å². The molecule has 8 heteroatoms. The highest BCUT2D eigenvalue weighted by Gasteiger charge is 2.29. The van der Waals surface area contributed by atoms with E-state index in [0.29, 0.717) is 28.4 Å². The van der Waals surface area contributed by atoms with E-state index >= 15 is 0 Å². The van der Waals surface area contributed by atoms with Crippen molar-refractivity contribution in [2.45, 2.75) is 9.92 Å². The molecule has 0 saturated heterocycles. The van der Waals surface area contributed by atoms with Gasteiger partial charge in [-0.25, -0.2) is 13.1 Å². The van der Waals surface area contributed by atoms with E-state index in [0.717, 1.165) is 0 Å². The topological polar surface area (TPSA) is 100 Å².